The van der Waals surface area contributed by atoms with Crippen LogP contribution in [0.15, 0.2) is 29.9 Å². The van der Waals surface area contributed by atoms with E-state index in [1.54, 1.807) is 23.5 Å². The van der Waals surface area contributed by atoms with Crippen LogP contribution in [0, 0.1) is 0 Å². The van der Waals surface area contributed by atoms with Gasteiger partial charge in [-0.15, -0.1) is 10.2 Å². The molecule has 1 atom stereocenters. The maximum absolute atomic E-state index is 6.45. The van der Waals surface area contributed by atoms with Crippen molar-refractivity contribution in [1.82, 2.24) is 14.9 Å². The van der Waals surface area contributed by atoms with Gasteiger partial charge >= 0.3 is 0 Å². The molecule has 5 nitrogen and oxygen atoms in total. The van der Waals surface area contributed by atoms with Crippen LogP contribution in [0.1, 0.15) is 44.2 Å². The maximum Gasteiger partial charge on any atom is 0.141 e. The summed E-state index contributed by atoms with van der Waals surface area (Å²) >= 11 is 6.45. The Hall–Kier alpha value is -1.88. The van der Waals surface area contributed by atoms with E-state index in [9.17, 15) is 0 Å². The summed E-state index contributed by atoms with van der Waals surface area (Å²) in [6.45, 7) is 6.80. The lowest BCUT2D eigenvalue weighted by molar-refractivity contribution is 0.395. The number of hydrogen-bond acceptors (Lipinski definition) is 4. The highest BCUT2D eigenvalue weighted by molar-refractivity contribution is 6.33. The normalized spacial score (nSPS) is 20.4. The van der Waals surface area contributed by atoms with E-state index in [4.69, 9.17) is 11.6 Å². The minimum absolute atomic E-state index is 0.133. The summed E-state index contributed by atoms with van der Waals surface area (Å²) in [7, 11) is 2.13. The molecule has 0 saturated heterocycles. The molecule has 0 amide bonds. The zero-order valence-electron chi connectivity index (χ0n) is 13.3. The molecule has 1 aliphatic rings. The molecule has 0 N–H and O–H groups in total. The number of benzene rings is 1. The molecule has 6 heteroatoms. The second kappa shape index (κ2) is 5.39. The highest BCUT2D eigenvalue weighted by Crippen LogP contribution is 2.44. The maximum atomic E-state index is 6.45. The summed E-state index contributed by atoms with van der Waals surface area (Å²) in [4.78, 5) is 2.31. The molecule has 1 aromatic heterocycles. The number of halogens is 1. The van der Waals surface area contributed by atoms with Gasteiger partial charge in [-0.05, 0) is 43.9 Å². The highest BCUT2D eigenvalue weighted by atomic mass is 35.5. The van der Waals surface area contributed by atoms with Crippen molar-refractivity contribution in [2.75, 3.05) is 11.9 Å². The molecular formula is C16H20ClN5. The van der Waals surface area contributed by atoms with Gasteiger partial charge in [-0.3, -0.25) is 0 Å². The van der Waals surface area contributed by atoms with Crippen LogP contribution in [-0.4, -0.2) is 33.7 Å². The molecule has 2 aromatic rings. The Morgan fingerprint density at radius 2 is 2.00 bits per heavy atom. The lowest BCUT2D eigenvalue weighted by Gasteiger charge is -2.45. The van der Waals surface area contributed by atoms with Crippen molar-refractivity contribution < 1.29 is 0 Å². The molecule has 0 radical (unpaired) electrons. The molecule has 0 bridgehead atoms. The van der Waals surface area contributed by atoms with Crippen LogP contribution in [0.25, 0.3) is 0 Å². The fourth-order valence-corrected chi connectivity index (χ4v) is 3.29. The summed E-state index contributed by atoms with van der Waals surface area (Å²) < 4.78 is 1.55. The van der Waals surface area contributed by atoms with Crippen molar-refractivity contribution in [1.29, 1.82) is 0 Å². The molecule has 2 heterocycles. The van der Waals surface area contributed by atoms with Crippen molar-refractivity contribution >= 4 is 23.5 Å². The van der Waals surface area contributed by atoms with Crippen molar-refractivity contribution in [2.24, 2.45) is 5.10 Å². The monoisotopic (exact) mass is 317 g/mol. The molecular weight excluding hydrogens is 298 g/mol. The highest BCUT2D eigenvalue weighted by Gasteiger charge is 2.34. The third kappa shape index (κ3) is 2.61. The smallest absolute Gasteiger partial charge is 0.141 e. The van der Waals surface area contributed by atoms with Crippen LogP contribution in [0.5, 0.6) is 0 Å². The Bertz CT molecular complexity index is 706. The summed E-state index contributed by atoms with van der Waals surface area (Å²) in [6, 6.07) is 4.18. The van der Waals surface area contributed by atoms with Crippen LogP contribution in [0.4, 0.5) is 5.69 Å². The van der Waals surface area contributed by atoms with E-state index in [1.165, 1.54) is 11.3 Å². The number of aromatic nitrogens is 3. The van der Waals surface area contributed by atoms with Crippen LogP contribution in [-0.2, 0) is 0 Å². The number of fused-ring (bicyclic) bond motifs is 1. The van der Waals surface area contributed by atoms with Gasteiger partial charge in [0.25, 0.3) is 0 Å². The van der Waals surface area contributed by atoms with Crippen LogP contribution in [0.2, 0.25) is 5.02 Å². The van der Waals surface area contributed by atoms with E-state index in [0.717, 1.165) is 12.0 Å². The van der Waals surface area contributed by atoms with Gasteiger partial charge in [0.1, 0.15) is 12.7 Å². The molecule has 3 rings (SSSR count). The zero-order chi connectivity index (χ0) is 15.9. The molecule has 1 aliphatic heterocycles. The van der Waals surface area contributed by atoms with Crippen LogP contribution < -0.4 is 4.90 Å². The van der Waals surface area contributed by atoms with Gasteiger partial charge in [0.05, 0.1) is 11.2 Å². The average molecular weight is 318 g/mol. The van der Waals surface area contributed by atoms with Gasteiger partial charge in [0.15, 0.2) is 0 Å². The van der Waals surface area contributed by atoms with Crippen molar-refractivity contribution in [3.05, 3.63) is 40.9 Å². The summed E-state index contributed by atoms with van der Waals surface area (Å²) in [5.74, 6) is 0.487. The van der Waals surface area contributed by atoms with Gasteiger partial charge in [-0.25, -0.2) is 4.68 Å². The molecule has 1 aromatic carbocycles. The van der Waals surface area contributed by atoms with E-state index in [0.29, 0.717) is 10.9 Å². The molecule has 0 saturated carbocycles. The Balaban J connectivity index is 2.01. The van der Waals surface area contributed by atoms with Gasteiger partial charge in [-0.1, -0.05) is 18.5 Å². The molecule has 22 heavy (non-hydrogen) atoms. The number of hydrogen-bond donors (Lipinski definition) is 0. The van der Waals surface area contributed by atoms with E-state index >= 15 is 0 Å². The number of rotatable bonds is 2. The quantitative estimate of drug-likeness (QED) is 0.796. The number of nitrogens with zero attached hydrogens (tertiary/aromatic N) is 5. The second-order valence-electron chi connectivity index (χ2n) is 6.50. The molecule has 0 fully saturated rings. The third-order valence-corrected chi connectivity index (χ3v) is 4.82. The lowest BCUT2D eigenvalue weighted by atomic mass is 9.80. The largest absolute Gasteiger partial charge is 0.369 e. The first-order valence-corrected chi connectivity index (χ1v) is 7.72. The van der Waals surface area contributed by atoms with Gasteiger partial charge < -0.3 is 4.90 Å². The molecule has 1 unspecified atom stereocenters. The second-order valence-corrected chi connectivity index (χ2v) is 6.90. The standard InChI is InChI=1S/C16H20ClN5/c1-11-7-16(2,3)21(4)15-6-14(17)12(5-13(11)15)8-20-22-9-18-19-10-22/h5-6,8-11H,7H2,1-4H3/b20-8-. The van der Waals surface area contributed by atoms with Crippen molar-refractivity contribution in [2.45, 2.75) is 38.6 Å². The summed E-state index contributed by atoms with van der Waals surface area (Å²) in [5, 5.41) is 12.4. The van der Waals surface area contributed by atoms with E-state index in [-0.39, 0.29) is 5.54 Å². The van der Waals surface area contributed by atoms with E-state index < -0.39 is 0 Å². The predicted octanol–water partition coefficient (Wildman–Crippen LogP) is 3.54. The summed E-state index contributed by atoms with van der Waals surface area (Å²) in [6.07, 6.45) is 5.95. The fourth-order valence-electron chi connectivity index (χ4n) is 3.09. The average Bonchev–Trinajstić information content (AvgIpc) is 2.96. The predicted molar refractivity (Wildman–Crippen MR) is 90.0 cm³/mol. The van der Waals surface area contributed by atoms with Crippen molar-refractivity contribution in [3.63, 3.8) is 0 Å². The molecule has 0 aliphatic carbocycles. The zero-order valence-corrected chi connectivity index (χ0v) is 14.0. The first-order chi connectivity index (χ1) is 10.4. The van der Waals surface area contributed by atoms with Crippen molar-refractivity contribution in [3.8, 4) is 0 Å². The molecule has 116 valence electrons. The van der Waals surface area contributed by atoms with Gasteiger partial charge in [0, 0.05) is 23.8 Å². The minimum Gasteiger partial charge on any atom is -0.369 e. The lowest BCUT2D eigenvalue weighted by Crippen LogP contribution is -2.45. The van der Waals surface area contributed by atoms with Gasteiger partial charge in [-0.2, -0.15) is 5.10 Å². The summed E-state index contributed by atoms with van der Waals surface area (Å²) in [5.41, 5.74) is 3.56. The Morgan fingerprint density at radius 1 is 1.32 bits per heavy atom. The third-order valence-electron chi connectivity index (χ3n) is 4.49. The Kier molecular flexibility index (Phi) is 3.68. The topological polar surface area (TPSA) is 46.3 Å². The van der Waals surface area contributed by atoms with Crippen LogP contribution in [0.3, 0.4) is 0 Å². The first kappa shape index (κ1) is 15.0. The Morgan fingerprint density at radius 3 is 2.68 bits per heavy atom. The number of anilines is 1. The van der Waals surface area contributed by atoms with Gasteiger partial charge in [0.2, 0.25) is 0 Å². The fraction of sp³-hybridized carbons (Fsp3) is 0.438. The Labute approximate surface area is 135 Å². The van der Waals surface area contributed by atoms with E-state index in [2.05, 4.69) is 54.1 Å². The first-order valence-electron chi connectivity index (χ1n) is 7.35. The molecule has 0 spiro atoms. The van der Waals surface area contributed by atoms with Crippen LogP contribution >= 0.6 is 11.6 Å². The van der Waals surface area contributed by atoms with E-state index in [1.807, 2.05) is 6.07 Å². The SMILES string of the molecule is CC1CC(C)(C)N(C)c2cc(Cl)c(/C=N\n3cnnc3)cc21. The minimum atomic E-state index is 0.133.